The van der Waals surface area contributed by atoms with E-state index in [0.29, 0.717) is 22.0 Å². The summed E-state index contributed by atoms with van der Waals surface area (Å²) in [4.78, 5) is 36.2. The van der Waals surface area contributed by atoms with Gasteiger partial charge in [-0.2, -0.15) is 0 Å². The Kier molecular flexibility index (Phi) is 3.97. The van der Waals surface area contributed by atoms with Crippen molar-refractivity contribution in [3.63, 3.8) is 0 Å². The summed E-state index contributed by atoms with van der Waals surface area (Å²) in [6.07, 6.45) is 5.06. The highest BCUT2D eigenvalue weighted by Gasteiger charge is 2.41. The number of thiazole rings is 1. The Morgan fingerprint density at radius 3 is 3.00 bits per heavy atom. The van der Waals surface area contributed by atoms with Gasteiger partial charge in [-0.1, -0.05) is 6.07 Å². The minimum absolute atomic E-state index is 0.0308. The van der Waals surface area contributed by atoms with Gasteiger partial charge in [-0.15, -0.1) is 11.3 Å². The van der Waals surface area contributed by atoms with E-state index in [9.17, 15) is 14.0 Å². The molecule has 2 aromatic heterocycles. The summed E-state index contributed by atoms with van der Waals surface area (Å²) in [6, 6.07) is 3.48. The molecule has 0 saturated carbocycles. The SMILES string of the molecule is O=C(Nc1nccs1)C(c1ncn2c1CCC2)N1Cc2c(F)cccc2C1=O. The van der Waals surface area contributed by atoms with E-state index in [0.717, 1.165) is 25.1 Å². The third kappa shape index (κ3) is 2.62. The van der Waals surface area contributed by atoms with Crippen LogP contribution in [0.2, 0.25) is 0 Å². The van der Waals surface area contributed by atoms with Gasteiger partial charge in [0, 0.05) is 34.9 Å². The molecule has 1 N–H and O–H groups in total. The molecular formula is C19H16FN5O2S. The summed E-state index contributed by atoms with van der Waals surface area (Å²) < 4.78 is 16.3. The Balaban J connectivity index is 1.56. The van der Waals surface area contributed by atoms with E-state index in [1.807, 2.05) is 4.57 Å². The van der Waals surface area contributed by atoms with Crippen LogP contribution in [0, 0.1) is 5.82 Å². The molecule has 5 rings (SSSR count). The summed E-state index contributed by atoms with van der Waals surface area (Å²) in [7, 11) is 0. The van der Waals surface area contributed by atoms with Crippen LogP contribution in [0.5, 0.6) is 0 Å². The van der Waals surface area contributed by atoms with Gasteiger partial charge >= 0.3 is 0 Å². The van der Waals surface area contributed by atoms with Crippen molar-refractivity contribution in [1.82, 2.24) is 19.4 Å². The third-order valence-electron chi connectivity index (χ3n) is 5.21. The Hall–Kier alpha value is -3.07. The fourth-order valence-electron chi connectivity index (χ4n) is 3.93. The van der Waals surface area contributed by atoms with Crippen LogP contribution >= 0.6 is 11.3 Å². The molecule has 7 nitrogen and oxygen atoms in total. The summed E-state index contributed by atoms with van der Waals surface area (Å²) in [5.74, 6) is -1.21. The molecule has 3 aromatic rings. The van der Waals surface area contributed by atoms with Gasteiger partial charge in [0.05, 0.1) is 18.6 Å². The minimum atomic E-state index is -0.947. The summed E-state index contributed by atoms with van der Waals surface area (Å²) in [6.45, 7) is 0.870. The largest absolute Gasteiger partial charge is 0.334 e. The fourth-order valence-corrected chi connectivity index (χ4v) is 4.46. The number of fused-ring (bicyclic) bond motifs is 2. The first-order chi connectivity index (χ1) is 13.6. The van der Waals surface area contributed by atoms with Crippen molar-refractivity contribution in [2.24, 2.45) is 0 Å². The van der Waals surface area contributed by atoms with E-state index >= 15 is 0 Å². The van der Waals surface area contributed by atoms with Crippen molar-refractivity contribution in [2.75, 3.05) is 5.32 Å². The lowest BCUT2D eigenvalue weighted by Crippen LogP contribution is -2.38. The van der Waals surface area contributed by atoms with E-state index in [4.69, 9.17) is 0 Å². The Morgan fingerprint density at radius 2 is 2.21 bits per heavy atom. The number of nitrogens with one attached hydrogen (secondary N) is 1. The van der Waals surface area contributed by atoms with Crippen molar-refractivity contribution in [1.29, 1.82) is 0 Å². The maximum atomic E-state index is 14.3. The number of hydrogen-bond acceptors (Lipinski definition) is 5. The lowest BCUT2D eigenvalue weighted by atomic mass is 10.1. The highest BCUT2D eigenvalue weighted by atomic mass is 32.1. The quantitative estimate of drug-likeness (QED) is 0.734. The van der Waals surface area contributed by atoms with Gasteiger partial charge in [-0.25, -0.2) is 14.4 Å². The Morgan fingerprint density at radius 1 is 1.32 bits per heavy atom. The van der Waals surface area contributed by atoms with E-state index < -0.39 is 17.8 Å². The van der Waals surface area contributed by atoms with E-state index in [1.54, 1.807) is 24.0 Å². The molecule has 0 bridgehead atoms. The van der Waals surface area contributed by atoms with Crippen molar-refractivity contribution in [3.8, 4) is 0 Å². The van der Waals surface area contributed by atoms with Crippen molar-refractivity contribution >= 4 is 28.3 Å². The van der Waals surface area contributed by atoms with Gasteiger partial charge in [0.2, 0.25) is 0 Å². The zero-order valence-electron chi connectivity index (χ0n) is 14.8. The number of nitrogens with zero attached hydrogens (tertiary/aromatic N) is 4. The third-order valence-corrected chi connectivity index (χ3v) is 5.90. The smallest absolute Gasteiger partial charge is 0.255 e. The van der Waals surface area contributed by atoms with E-state index in [1.165, 1.54) is 28.4 Å². The molecule has 1 unspecified atom stereocenters. The Bertz CT molecular complexity index is 1080. The van der Waals surface area contributed by atoms with Crippen LogP contribution < -0.4 is 5.32 Å². The van der Waals surface area contributed by atoms with Crippen LogP contribution in [0.25, 0.3) is 0 Å². The maximum Gasteiger partial charge on any atom is 0.255 e. The molecule has 2 aliphatic heterocycles. The molecule has 1 aromatic carbocycles. The predicted octanol–water partition coefficient (Wildman–Crippen LogP) is 2.76. The number of carbonyl (C=O) groups is 2. The van der Waals surface area contributed by atoms with Gasteiger partial charge in [0.1, 0.15) is 5.82 Å². The monoisotopic (exact) mass is 397 g/mol. The molecule has 142 valence electrons. The number of rotatable bonds is 4. The minimum Gasteiger partial charge on any atom is -0.334 e. The van der Waals surface area contributed by atoms with Crippen LogP contribution in [0.15, 0.2) is 36.1 Å². The first kappa shape index (κ1) is 17.1. The molecule has 0 fully saturated rings. The van der Waals surface area contributed by atoms with Gasteiger partial charge in [-0.05, 0) is 25.0 Å². The maximum absolute atomic E-state index is 14.3. The number of benzene rings is 1. The first-order valence-electron chi connectivity index (χ1n) is 8.96. The van der Waals surface area contributed by atoms with Gasteiger partial charge < -0.3 is 9.47 Å². The van der Waals surface area contributed by atoms with Crippen molar-refractivity contribution in [2.45, 2.75) is 32.0 Å². The van der Waals surface area contributed by atoms with Crippen LogP contribution in [0.3, 0.4) is 0 Å². The van der Waals surface area contributed by atoms with Gasteiger partial charge in [0.15, 0.2) is 11.2 Å². The number of aromatic nitrogens is 3. The Labute approximate surface area is 163 Å². The van der Waals surface area contributed by atoms with E-state index in [2.05, 4.69) is 15.3 Å². The molecule has 0 spiro atoms. The number of carbonyl (C=O) groups excluding carboxylic acids is 2. The number of aryl methyl sites for hydroxylation is 1. The van der Waals surface area contributed by atoms with Crippen LogP contribution in [0.1, 0.15) is 39.8 Å². The van der Waals surface area contributed by atoms with Crippen molar-refractivity contribution in [3.05, 3.63) is 64.4 Å². The number of anilines is 1. The molecule has 0 radical (unpaired) electrons. The van der Waals surface area contributed by atoms with Gasteiger partial charge in [0.25, 0.3) is 11.8 Å². The van der Waals surface area contributed by atoms with E-state index in [-0.39, 0.29) is 12.5 Å². The molecule has 28 heavy (non-hydrogen) atoms. The molecule has 0 saturated heterocycles. The average molecular weight is 397 g/mol. The zero-order chi connectivity index (χ0) is 19.3. The molecular weight excluding hydrogens is 381 g/mol. The number of hydrogen-bond donors (Lipinski definition) is 1. The predicted molar refractivity (Wildman–Crippen MR) is 100 cm³/mol. The normalized spacial score (nSPS) is 16.2. The number of halogens is 1. The van der Waals surface area contributed by atoms with Crippen LogP contribution in [0.4, 0.5) is 9.52 Å². The zero-order valence-corrected chi connectivity index (χ0v) is 15.6. The molecule has 9 heteroatoms. The highest BCUT2D eigenvalue weighted by molar-refractivity contribution is 7.13. The summed E-state index contributed by atoms with van der Waals surface area (Å²) in [5.41, 5.74) is 2.11. The topological polar surface area (TPSA) is 80.1 Å². The summed E-state index contributed by atoms with van der Waals surface area (Å²) >= 11 is 1.29. The average Bonchev–Trinajstić information content (AvgIpc) is 3.44. The fraction of sp³-hybridized carbons (Fsp3) is 0.263. The van der Waals surface area contributed by atoms with Crippen molar-refractivity contribution < 1.29 is 14.0 Å². The second-order valence-corrected chi connectivity index (χ2v) is 7.70. The lowest BCUT2D eigenvalue weighted by molar-refractivity contribution is -0.121. The molecule has 1 atom stereocenters. The highest BCUT2D eigenvalue weighted by Crippen LogP contribution is 2.35. The van der Waals surface area contributed by atoms with Crippen LogP contribution in [-0.2, 0) is 24.3 Å². The second-order valence-electron chi connectivity index (χ2n) is 6.80. The molecule has 4 heterocycles. The molecule has 2 amide bonds. The summed E-state index contributed by atoms with van der Waals surface area (Å²) in [5, 5.41) is 4.97. The second kappa shape index (κ2) is 6.52. The lowest BCUT2D eigenvalue weighted by Gasteiger charge is -2.26. The molecule has 2 aliphatic rings. The standard InChI is InChI=1S/C19H16FN5O2S/c20-13-4-1-3-11-12(13)9-25(18(11)27)16(17(26)23-19-21-6-8-28-19)15-14-5-2-7-24(14)10-22-15/h1,3-4,6,8,10,16H,2,5,7,9H2,(H,21,23,26). The van der Waals surface area contributed by atoms with Gasteiger partial charge in [-0.3, -0.25) is 14.9 Å². The van der Waals surface area contributed by atoms with Crippen LogP contribution in [-0.4, -0.2) is 31.2 Å². The first-order valence-corrected chi connectivity index (χ1v) is 9.84. The molecule has 0 aliphatic carbocycles. The number of amides is 2. The number of imidazole rings is 1.